The second-order valence-electron chi connectivity index (χ2n) is 4.48. The molecule has 1 aromatic heterocycles. The third-order valence-corrected chi connectivity index (χ3v) is 3.25. The fourth-order valence-electron chi connectivity index (χ4n) is 2.49. The highest BCUT2D eigenvalue weighted by Crippen LogP contribution is 2.29. The van der Waals surface area contributed by atoms with Crippen molar-refractivity contribution in [3.63, 3.8) is 0 Å². The molecule has 0 aliphatic carbocycles. The van der Waals surface area contributed by atoms with Crippen LogP contribution in [-0.2, 0) is 4.74 Å². The first-order chi connectivity index (χ1) is 8.24. The monoisotopic (exact) mass is 236 g/mol. The van der Waals surface area contributed by atoms with Crippen molar-refractivity contribution in [1.29, 1.82) is 0 Å². The van der Waals surface area contributed by atoms with Crippen LogP contribution in [0.5, 0.6) is 0 Å². The zero-order chi connectivity index (χ0) is 11.8. The molecule has 17 heavy (non-hydrogen) atoms. The largest absolute Gasteiger partial charge is 0.371 e. The summed E-state index contributed by atoms with van der Waals surface area (Å²) in [7, 11) is 0. The minimum Gasteiger partial charge on any atom is -0.371 e. The minimum absolute atomic E-state index is 0.231. The van der Waals surface area contributed by atoms with E-state index < -0.39 is 0 Å². The number of aromatic nitrogens is 2. The van der Waals surface area contributed by atoms with Gasteiger partial charge in [0, 0.05) is 19.2 Å². The number of morpholine rings is 1. The molecule has 5 N–H and O–H groups in total. The highest BCUT2D eigenvalue weighted by atomic mass is 16.5. The third-order valence-electron chi connectivity index (χ3n) is 3.25. The molecule has 0 spiro atoms. The number of nitrogens with zero attached hydrogens (tertiary/aromatic N) is 3. The summed E-state index contributed by atoms with van der Waals surface area (Å²) in [6.07, 6.45) is 2.89. The summed E-state index contributed by atoms with van der Waals surface area (Å²) in [6.45, 7) is 1.72. The lowest BCUT2D eigenvalue weighted by Crippen LogP contribution is -2.43. The van der Waals surface area contributed by atoms with Crippen molar-refractivity contribution >= 4 is 17.6 Å². The zero-order valence-electron chi connectivity index (χ0n) is 9.47. The summed E-state index contributed by atoms with van der Waals surface area (Å²) < 4.78 is 5.78. The Labute approximate surface area is 99.1 Å². The molecule has 92 valence electrons. The van der Waals surface area contributed by atoms with Crippen molar-refractivity contribution in [1.82, 2.24) is 9.97 Å². The van der Waals surface area contributed by atoms with Crippen LogP contribution in [0.15, 0.2) is 6.07 Å². The van der Waals surface area contributed by atoms with E-state index in [-0.39, 0.29) is 5.95 Å². The van der Waals surface area contributed by atoms with Gasteiger partial charge < -0.3 is 20.8 Å². The van der Waals surface area contributed by atoms with Crippen LogP contribution < -0.4 is 21.9 Å². The molecule has 7 nitrogen and oxygen atoms in total. The number of nitrogens with one attached hydrogen (secondary N) is 1. The van der Waals surface area contributed by atoms with Crippen molar-refractivity contribution in [2.24, 2.45) is 5.84 Å². The molecule has 2 atom stereocenters. The van der Waals surface area contributed by atoms with Gasteiger partial charge in [0.15, 0.2) is 0 Å². The maximum Gasteiger partial charge on any atom is 0.223 e. The number of hydrazine groups is 1. The smallest absolute Gasteiger partial charge is 0.223 e. The van der Waals surface area contributed by atoms with Gasteiger partial charge in [0.2, 0.25) is 5.95 Å². The topological polar surface area (TPSA) is 102 Å². The molecule has 7 heteroatoms. The Morgan fingerprint density at radius 3 is 2.65 bits per heavy atom. The van der Waals surface area contributed by atoms with Crippen LogP contribution in [0.25, 0.3) is 0 Å². The lowest BCUT2D eigenvalue weighted by atomic mass is 10.2. The highest BCUT2D eigenvalue weighted by molar-refractivity contribution is 5.52. The van der Waals surface area contributed by atoms with Gasteiger partial charge >= 0.3 is 0 Å². The van der Waals surface area contributed by atoms with Gasteiger partial charge in [0.1, 0.15) is 11.6 Å². The normalized spacial score (nSPS) is 27.2. The summed E-state index contributed by atoms with van der Waals surface area (Å²) in [5.41, 5.74) is 8.15. The van der Waals surface area contributed by atoms with Crippen LogP contribution in [-0.4, -0.2) is 35.3 Å². The van der Waals surface area contributed by atoms with Gasteiger partial charge in [-0.15, -0.1) is 0 Å². The van der Waals surface area contributed by atoms with Gasteiger partial charge in [-0.25, -0.2) is 5.84 Å². The van der Waals surface area contributed by atoms with Gasteiger partial charge in [-0.2, -0.15) is 9.97 Å². The molecule has 0 aromatic carbocycles. The molecule has 2 unspecified atom stereocenters. The van der Waals surface area contributed by atoms with E-state index in [1.54, 1.807) is 6.07 Å². The second-order valence-corrected chi connectivity index (χ2v) is 4.48. The molecule has 0 amide bonds. The molecule has 2 aliphatic heterocycles. The number of hydrogen-bond donors (Lipinski definition) is 3. The summed E-state index contributed by atoms with van der Waals surface area (Å²) in [4.78, 5) is 10.4. The first-order valence-corrected chi connectivity index (χ1v) is 5.76. The Balaban J connectivity index is 1.86. The van der Waals surface area contributed by atoms with E-state index in [2.05, 4.69) is 20.3 Å². The molecule has 3 rings (SSSR count). The zero-order valence-corrected chi connectivity index (χ0v) is 9.47. The summed E-state index contributed by atoms with van der Waals surface area (Å²) in [5, 5.41) is 0. The third kappa shape index (κ3) is 1.98. The summed E-state index contributed by atoms with van der Waals surface area (Å²) in [5.74, 6) is 6.92. The molecule has 3 heterocycles. The first kappa shape index (κ1) is 10.5. The van der Waals surface area contributed by atoms with Crippen molar-refractivity contribution in [3.05, 3.63) is 6.07 Å². The molecular formula is C10H16N6O. The van der Waals surface area contributed by atoms with E-state index in [4.69, 9.17) is 16.3 Å². The Morgan fingerprint density at radius 1 is 1.29 bits per heavy atom. The predicted octanol–water partition coefficient (Wildman–Crippen LogP) is -0.288. The van der Waals surface area contributed by atoms with E-state index >= 15 is 0 Å². The van der Waals surface area contributed by atoms with Gasteiger partial charge in [0.25, 0.3) is 0 Å². The molecule has 0 radical (unpaired) electrons. The fraction of sp³-hybridized carbons (Fsp3) is 0.600. The molecule has 2 saturated heterocycles. The van der Waals surface area contributed by atoms with Gasteiger partial charge in [-0.1, -0.05) is 0 Å². The second kappa shape index (κ2) is 4.01. The molecule has 1 aromatic rings. The summed E-state index contributed by atoms with van der Waals surface area (Å²) >= 11 is 0. The quantitative estimate of drug-likeness (QED) is 0.479. The van der Waals surface area contributed by atoms with Crippen LogP contribution >= 0.6 is 0 Å². The van der Waals surface area contributed by atoms with E-state index in [1.807, 2.05) is 0 Å². The van der Waals surface area contributed by atoms with Crippen molar-refractivity contribution < 1.29 is 4.74 Å². The van der Waals surface area contributed by atoms with Crippen molar-refractivity contribution in [2.75, 3.05) is 29.1 Å². The molecular weight excluding hydrogens is 220 g/mol. The number of nitrogens with two attached hydrogens (primary N) is 2. The lowest BCUT2D eigenvalue weighted by Gasteiger charge is -2.33. The SMILES string of the molecule is NNc1cc(N2CC3CCC(C2)O3)nc(N)n1. The van der Waals surface area contributed by atoms with E-state index in [9.17, 15) is 0 Å². The van der Waals surface area contributed by atoms with Crippen molar-refractivity contribution in [3.8, 4) is 0 Å². The van der Waals surface area contributed by atoms with Gasteiger partial charge in [-0.3, -0.25) is 0 Å². The summed E-state index contributed by atoms with van der Waals surface area (Å²) in [6, 6.07) is 1.81. The predicted molar refractivity (Wildman–Crippen MR) is 64.4 cm³/mol. The number of anilines is 3. The van der Waals surface area contributed by atoms with Gasteiger partial charge in [0.05, 0.1) is 12.2 Å². The molecule has 0 saturated carbocycles. The number of hydrogen-bond acceptors (Lipinski definition) is 7. The van der Waals surface area contributed by atoms with Crippen LogP contribution in [0.3, 0.4) is 0 Å². The highest BCUT2D eigenvalue weighted by Gasteiger charge is 2.34. The van der Waals surface area contributed by atoms with E-state index in [0.717, 1.165) is 31.7 Å². The molecule has 2 aliphatic rings. The van der Waals surface area contributed by atoms with Gasteiger partial charge in [-0.05, 0) is 12.8 Å². The Bertz CT molecular complexity index is 413. The maximum absolute atomic E-state index is 5.78. The maximum atomic E-state index is 5.78. The number of nitrogen functional groups attached to an aromatic ring is 2. The molecule has 2 bridgehead atoms. The lowest BCUT2D eigenvalue weighted by molar-refractivity contribution is 0.0302. The molecule has 2 fully saturated rings. The minimum atomic E-state index is 0.231. The van der Waals surface area contributed by atoms with E-state index in [1.165, 1.54) is 0 Å². The van der Waals surface area contributed by atoms with Crippen molar-refractivity contribution in [2.45, 2.75) is 25.0 Å². The average Bonchev–Trinajstić information content (AvgIpc) is 2.67. The number of rotatable bonds is 2. The van der Waals surface area contributed by atoms with Crippen LogP contribution in [0, 0.1) is 0 Å². The van der Waals surface area contributed by atoms with Crippen LogP contribution in [0.2, 0.25) is 0 Å². The number of fused-ring (bicyclic) bond motifs is 2. The van der Waals surface area contributed by atoms with E-state index in [0.29, 0.717) is 18.0 Å². The fourth-order valence-corrected chi connectivity index (χ4v) is 2.49. The standard InChI is InChI=1S/C10H16N6O/c11-10-13-8(15-12)3-9(14-10)16-4-6-1-2-7(5-16)17-6/h3,6-7H,1-2,4-5,12H2,(H3,11,13,14,15). The number of ether oxygens (including phenoxy) is 1. The Kier molecular flexibility index (Phi) is 2.49. The average molecular weight is 236 g/mol. The van der Waals surface area contributed by atoms with Crippen LogP contribution in [0.1, 0.15) is 12.8 Å². The Hall–Kier alpha value is -1.60. The first-order valence-electron chi connectivity index (χ1n) is 5.76. The van der Waals surface area contributed by atoms with Crippen LogP contribution in [0.4, 0.5) is 17.6 Å². The Morgan fingerprint density at radius 2 is 2.00 bits per heavy atom.